The monoisotopic (exact) mass is 284 g/mol. The van der Waals surface area contributed by atoms with Crippen molar-refractivity contribution in [2.45, 2.75) is 12.5 Å². The smallest absolute Gasteiger partial charge is 0.172 e. The van der Waals surface area contributed by atoms with Crippen LogP contribution in [0.2, 0.25) is 5.15 Å². The van der Waals surface area contributed by atoms with E-state index in [1.165, 1.54) is 0 Å². The standard InChI is InChI=1S/C12H13ClN4.ClH/c13-11-12(15-8-5-6-14-7-8)17-10-4-2-1-3-9(10)16-11;/h1-4,8,14H,5-7H2,(H,15,17);1H/t8-;/m0./s1. The van der Waals surface area contributed by atoms with Gasteiger partial charge in [0.2, 0.25) is 0 Å². The first-order chi connectivity index (χ1) is 8.33. The summed E-state index contributed by atoms with van der Waals surface area (Å²) in [5.41, 5.74) is 1.69. The Balaban J connectivity index is 0.00000120. The van der Waals surface area contributed by atoms with Gasteiger partial charge in [-0.2, -0.15) is 0 Å². The molecule has 0 saturated carbocycles. The molecule has 1 fully saturated rings. The van der Waals surface area contributed by atoms with Crippen molar-refractivity contribution >= 4 is 40.9 Å². The topological polar surface area (TPSA) is 49.8 Å². The van der Waals surface area contributed by atoms with Crippen molar-refractivity contribution in [2.75, 3.05) is 18.4 Å². The zero-order valence-corrected chi connectivity index (χ0v) is 11.3. The summed E-state index contributed by atoms with van der Waals surface area (Å²) in [4.78, 5) is 8.84. The number of para-hydroxylation sites is 2. The Labute approximate surface area is 117 Å². The third kappa shape index (κ3) is 2.66. The van der Waals surface area contributed by atoms with Crippen molar-refractivity contribution in [3.63, 3.8) is 0 Å². The second-order valence-electron chi connectivity index (χ2n) is 4.19. The Hall–Kier alpha value is -1.10. The van der Waals surface area contributed by atoms with E-state index in [-0.39, 0.29) is 12.4 Å². The van der Waals surface area contributed by atoms with Crippen LogP contribution in [0.4, 0.5) is 5.82 Å². The maximum atomic E-state index is 6.13. The number of nitrogens with one attached hydrogen (secondary N) is 2. The molecule has 1 aromatic carbocycles. The van der Waals surface area contributed by atoms with Crippen LogP contribution in [0.5, 0.6) is 0 Å². The summed E-state index contributed by atoms with van der Waals surface area (Å²) in [6.07, 6.45) is 1.09. The minimum absolute atomic E-state index is 0. The van der Waals surface area contributed by atoms with Crippen LogP contribution in [0, 0.1) is 0 Å². The van der Waals surface area contributed by atoms with Gasteiger partial charge < -0.3 is 10.6 Å². The fourth-order valence-corrected chi connectivity index (χ4v) is 2.23. The molecular formula is C12H14Cl2N4. The number of hydrogen-bond donors (Lipinski definition) is 2. The molecule has 1 aliphatic rings. The van der Waals surface area contributed by atoms with Crippen LogP contribution in [0.15, 0.2) is 24.3 Å². The van der Waals surface area contributed by atoms with Gasteiger partial charge in [0.15, 0.2) is 11.0 Å². The summed E-state index contributed by atoms with van der Waals surface area (Å²) in [5.74, 6) is 0.680. The van der Waals surface area contributed by atoms with Gasteiger partial charge in [0.05, 0.1) is 11.0 Å². The van der Waals surface area contributed by atoms with E-state index in [1.54, 1.807) is 0 Å². The maximum absolute atomic E-state index is 6.13. The average Bonchev–Trinajstić information content (AvgIpc) is 2.83. The molecule has 2 aromatic rings. The van der Waals surface area contributed by atoms with Crippen LogP contribution in [0.25, 0.3) is 11.0 Å². The number of rotatable bonds is 2. The highest BCUT2D eigenvalue weighted by molar-refractivity contribution is 6.32. The molecule has 1 atom stereocenters. The Bertz CT molecular complexity index is 541. The first-order valence-electron chi connectivity index (χ1n) is 5.72. The molecule has 0 amide bonds. The largest absolute Gasteiger partial charge is 0.363 e. The zero-order valence-electron chi connectivity index (χ0n) is 9.69. The van der Waals surface area contributed by atoms with Crippen molar-refractivity contribution in [3.8, 4) is 0 Å². The minimum atomic E-state index is 0. The summed E-state index contributed by atoms with van der Waals surface area (Å²) in [5, 5.41) is 7.07. The molecule has 6 heteroatoms. The molecule has 3 rings (SSSR count). The van der Waals surface area contributed by atoms with E-state index in [0.717, 1.165) is 30.5 Å². The number of benzene rings is 1. The van der Waals surface area contributed by atoms with Gasteiger partial charge in [-0.3, -0.25) is 0 Å². The molecular weight excluding hydrogens is 271 g/mol. The molecule has 2 heterocycles. The van der Waals surface area contributed by atoms with Crippen LogP contribution < -0.4 is 10.6 Å². The quantitative estimate of drug-likeness (QED) is 0.890. The number of halogens is 2. The highest BCUT2D eigenvalue weighted by atomic mass is 35.5. The predicted octanol–water partition coefficient (Wildman–Crippen LogP) is 2.48. The fraction of sp³-hybridized carbons (Fsp3) is 0.333. The van der Waals surface area contributed by atoms with E-state index in [0.29, 0.717) is 17.0 Å². The van der Waals surface area contributed by atoms with E-state index in [9.17, 15) is 0 Å². The third-order valence-electron chi connectivity index (χ3n) is 2.93. The Kier molecular flexibility index (Phi) is 4.22. The molecule has 0 aliphatic carbocycles. The van der Waals surface area contributed by atoms with Crippen molar-refractivity contribution in [1.29, 1.82) is 0 Å². The van der Waals surface area contributed by atoms with Gasteiger partial charge >= 0.3 is 0 Å². The number of hydrogen-bond acceptors (Lipinski definition) is 4. The fourth-order valence-electron chi connectivity index (χ4n) is 2.04. The molecule has 0 radical (unpaired) electrons. The average molecular weight is 285 g/mol. The second-order valence-corrected chi connectivity index (χ2v) is 4.54. The van der Waals surface area contributed by atoms with Gasteiger partial charge in [-0.25, -0.2) is 9.97 Å². The summed E-state index contributed by atoms with van der Waals surface area (Å²) < 4.78 is 0. The lowest BCUT2D eigenvalue weighted by atomic mass is 10.2. The maximum Gasteiger partial charge on any atom is 0.172 e. The van der Waals surface area contributed by atoms with Crippen LogP contribution in [-0.4, -0.2) is 29.1 Å². The van der Waals surface area contributed by atoms with E-state index in [4.69, 9.17) is 11.6 Å². The Morgan fingerprint density at radius 2 is 1.94 bits per heavy atom. The molecule has 18 heavy (non-hydrogen) atoms. The van der Waals surface area contributed by atoms with Gasteiger partial charge in [-0.15, -0.1) is 12.4 Å². The highest BCUT2D eigenvalue weighted by Gasteiger charge is 2.16. The molecule has 0 bridgehead atoms. The van der Waals surface area contributed by atoms with Crippen LogP contribution in [0.3, 0.4) is 0 Å². The van der Waals surface area contributed by atoms with Crippen molar-refractivity contribution in [3.05, 3.63) is 29.4 Å². The van der Waals surface area contributed by atoms with E-state index in [1.807, 2.05) is 24.3 Å². The van der Waals surface area contributed by atoms with E-state index >= 15 is 0 Å². The number of aromatic nitrogens is 2. The third-order valence-corrected chi connectivity index (χ3v) is 3.19. The number of nitrogens with zero attached hydrogens (tertiary/aromatic N) is 2. The van der Waals surface area contributed by atoms with Gasteiger partial charge in [-0.05, 0) is 25.1 Å². The highest BCUT2D eigenvalue weighted by Crippen LogP contribution is 2.22. The normalized spacial score (nSPS) is 18.6. The lowest BCUT2D eigenvalue weighted by Crippen LogP contribution is -2.23. The van der Waals surface area contributed by atoms with Crippen molar-refractivity contribution < 1.29 is 0 Å². The SMILES string of the molecule is Cl.Clc1nc2ccccc2nc1N[C@H]1CCNC1. The minimum Gasteiger partial charge on any atom is -0.363 e. The van der Waals surface area contributed by atoms with Gasteiger partial charge in [0, 0.05) is 12.6 Å². The lowest BCUT2D eigenvalue weighted by Gasteiger charge is -2.13. The van der Waals surface area contributed by atoms with Gasteiger partial charge in [0.25, 0.3) is 0 Å². The summed E-state index contributed by atoms with van der Waals surface area (Å²) in [6.45, 7) is 1.99. The summed E-state index contributed by atoms with van der Waals surface area (Å²) in [7, 11) is 0. The lowest BCUT2D eigenvalue weighted by molar-refractivity contribution is 0.788. The number of fused-ring (bicyclic) bond motifs is 1. The van der Waals surface area contributed by atoms with Gasteiger partial charge in [0.1, 0.15) is 0 Å². The molecule has 0 unspecified atom stereocenters. The van der Waals surface area contributed by atoms with E-state index in [2.05, 4.69) is 20.6 Å². The van der Waals surface area contributed by atoms with E-state index < -0.39 is 0 Å². The summed E-state index contributed by atoms with van der Waals surface area (Å²) >= 11 is 6.13. The summed E-state index contributed by atoms with van der Waals surface area (Å²) in [6, 6.07) is 8.13. The second kappa shape index (κ2) is 5.69. The van der Waals surface area contributed by atoms with Crippen molar-refractivity contribution in [2.24, 2.45) is 0 Å². The Morgan fingerprint density at radius 1 is 1.22 bits per heavy atom. The molecule has 96 valence electrons. The molecule has 0 spiro atoms. The van der Waals surface area contributed by atoms with Gasteiger partial charge in [-0.1, -0.05) is 23.7 Å². The van der Waals surface area contributed by atoms with Crippen LogP contribution >= 0.6 is 24.0 Å². The molecule has 1 aromatic heterocycles. The van der Waals surface area contributed by atoms with Crippen molar-refractivity contribution in [1.82, 2.24) is 15.3 Å². The molecule has 1 aliphatic heterocycles. The molecule has 2 N–H and O–H groups in total. The number of anilines is 1. The predicted molar refractivity (Wildman–Crippen MR) is 76.7 cm³/mol. The molecule has 1 saturated heterocycles. The molecule has 4 nitrogen and oxygen atoms in total. The first-order valence-corrected chi connectivity index (χ1v) is 6.10. The zero-order chi connectivity index (χ0) is 11.7. The first kappa shape index (κ1) is 13.3. The van der Waals surface area contributed by atoms with Crippen LogP contribution in [0.1, 0.15) is 6.42 Å². The Morgan fingerprint density at radius 3 is 2.61 bits per heavy atom. The van der Waals surface area contributed by atoms with Crippen LogP contribution in [-0.2, 0) is 0 Å².